The van der Waals surface area contributed by atoms with Crippen LogP contribution in [0.1, 0.15) is 73.6 Å². The van der Waals surface area contributed by atoms with E-state index in [1.807, 2.05) is 52.5 Å². The summed E-state index contributed by atoms with van der Waals surface area (Å²) in [6.45, 7) is 20.0. The van der Waals surface area contributed by atoms with Gasteiger partial charge in [-0.1, -0.05) is 92.2 Å². The maximum atomic E-state index is 14.3. The molecule has 0 radical (unpaired) electrons. The van der Waals surface area contributed by atoms with Crippen molar-refractivity contribution in [2.75, 3.05) is 18.5 Å². The fraction of sp³-hybridized carbons (Fsp3) is 0.611. The maximum absolute atomic E-state index is 14.3. The minimum absolute atomic E-state index is 0.0112. The van der Waals surface area contributed by atoms with Crippen molar-refractivity contribution >= 4 is 29.5 Å². The molecule has 258 valence electrons. The predicted molar refractivity (Wildman–Crippen MR) is 183 cm³/mol. The molecule has 0 spiro atoms. The third-order valence-corrected chi connectivity index (χ3v) is 9.72. The van der Waals surface area contributed by atoms with Crippen LogP contribution < -0.4 is 27.0 Å². The van der Waals surface area contributed by atoms with E-state index >= 15 is 0 Å². The molecule has 6 atom stereocenters. The van der Waals surface area contributed by atoms with Crippen LogP contribution >= 0.6 is 0 Å². The number of nitrogens with two attached hydrogens (primary N) is 1. The van der Waals surface area contributed by atoms with Gasteiger partial charge in [0.15, 0.2) is 5.78 Å². The van der Waals surface area contributed by atoms with E-state index < -0.39 is 41.1 Å². The normalized spacial score (nSPS) is 22.4. The van der Waals surface area contributed by atoms with Crippen molar-refractivity contribution in [3.05, 3.63) is 54.9 Å². The van der Waals surface area contributed by atoms with Crippen molar-refractivity contribution in [3.63, 3.8) is 0 Å². The van der Waals surface area contributed by atoms with Gasteiger partial charge in [-0.25, -0.2) is 9.59 Å². The highest BCUT2D eigenvalue weighted by atomic mass is 16.5. The van der Waals surface area contributed by atoms with Crippen LogP contribution in [-0.4, -0.2) is 66.0 Å². The smallest absolute Gasteiger partial charge is 0.411 e. The molecule has 1 heterocycles. The number of rotatable bonds is 13. The number of carbonyl (C=O) groups is 4. The lowest BCUT2D eigenvalue weighted by molar-refractivity contribution is -0.136. The van der Waals surface area contributed by atoms with Gasteiger partial charge in [-0.05, 0) is 53.6 Å². The average Bonchev–Trinajstić information content (AvgIpc) is 3.62. The third kappa shape index (κ3) is 9.29. The molecule has 1 aromatic rings. The molecular weight excluding hydrogens is 596 g/mol. The van der Waals surface area contributed by atoms with Gasteiger partial charge in [-0.2, -0.15) is 0 Å². The van der Waals surface area contributed by atoms with Gasteiger partial charge in [0.1, 0.15) is 12.6 Å². The molecule has 2 aliphatic carbocycles. The van der Waals surface area contributed by atoms with Crippen LogP contribution in [-0.2, 0) is 14.3 Å². The Morgan fingerprint density at radius 3 is 2.19 bits per heavy atom. The van der Waals surface area contributed by atoms with E-state index in [0.717, 1.165) is 25.7 Å². The van der Waals surface area contributed by atoms with Crippen molar-refractivity contribution < 1.29 is 23.9 Å². The fourth-order valence-electron chi connectivity index (χ4n) is 6.45. The topological polar surface area (TPSA) is 155 Å². The molecule has 3 fully saturated rings. The van der Waals surface area contributed by atoms with Gasteiger partial charge in [0.2, 0.25) is 5.91 Å². The van der Waals surface area contributed by atoms with Crippen LogP contribution in [0.2, 0.25) is 0 Å². The summed E-state index contributed by atoms with van der Waals surface area (Å²) < 4.78 is 5.47. The molecule has 47 heavy (non-hydrogen) atoms. The fourth-order valence-corrected chi connectivity index (χ4v) is 6.45. The first-order chi connectivity index (χ1) is 22.0. The molecule has 0 aromatic heterocycles. The monoisotopic (exact) mass is 650 g/mol. The highest BCUT2D eigenvalue weighted by molar-refractivity contribution is 5.98. The van der Waals surface area contributed by atoms with Crippen molar-refractivity contribution in [2.24, 2.45) is 34.3 Å². The second kappa shape index (κ2) is 14.4. The van der Waals surface area contributed by atoms with Gasteiger partial charge < -0.3 is 31.3 Å². The summed E-state index contributed by atoms with van der Waals surface area (Å²) in [6.07, 6.45) is 4.33. The lowest BCUT2D eigenvalue weighted by Gasteiger charge is -2.39. The molecular formula is C36H54N6O5. The first-order valence-corrected chi connectivity index (χ1v) is 16.8. The number of urea groups is 1. The molecule has 4 rings (SSSR count). The zero-order valence-electron chi connectivity index (χ0n) is 28.9. The van der Waals surface area contributed by atoms with Gasteiger partial charge in [0.05, 0.1) is 23.8 Å². The highest BCUT2D eigenvalue weighted by Gasteiger charge is 2.56. The Balaban J connectivity index is 1.42. The Kier molecular flexibility index (Phi) is 11.0. The summed E-state index contributed by atoms with van der Waals surface area (Å²) in [6, 6.07) is 6.20. The van der Waals surface area contributed by atoms with Crippen LogP contribution in [0.15, 0.2) is 54.9 Å². The Hall–Kier alpha value is -4.02. The molecule has 11 nitrogen and oxygen atoms in total. The predicted octanol–water partition coefficient (Wildman–Crippen LogP) is 4.91. The number of nitrogens with one attached hydrogen (secondary N) is 4. The van der Waals surface area contributed by atoms with Gasteiger partial charge in [-0.3, -0.25) is 14.9 Å². The molecule has 4 amide bonds. The quantitative estimate of drug-likeness (QED) is 0.190. The lowest BCUT2D eigenvalue weighted by atomic mass is 9.80. The number of hydrogen-bond donors (Lipinski definition) is 5. The summed E-state index contributed by atoms with van der Waals surface area (Å²) in [5.41, 5.74) is 5.97. The van der Waals surface area contributed by atoms with Gasteiger partial charge in [-0.15, -0.1) is 0 Å². The van der Waals surface area contributed by atoms with Crippen LogP contribution in [0, 0.1) is 28.6 Å². The first-order valence-electron chi connectivity index (χ1n) is 16.8. The van der Waals surface area contributed by atoms with Crippen molar-refractivity contribution in [1.29, 1.82) is 0 Å². The zero-order valence-corrected chi connectivity index (χ0v) is 28.9. The number of ether oxygens (including phenoxy) is 1. The number of anilines is 1. The van der Waals surface area contributed by atoms with Crippen LogP contribution in [0.4, 0.5) is 15.3 Å². The van der Waals surface area contributed by atoms with E-state index in [4.69, 9.17) is 10.5 Å². The van der Waals surface area contributed by atoms with Crippen LogP contribution in [0.25, 0.3) is 0 Å². The van der Waals surface area contributed by atoms with Gasteiger partial charge >= 0.3 is 12.1 Å². The van der Waals surface area contributed by atoms with Crippen LogP contribution in [0.3, 0.4) is 0 Å². The summed E-state index contributed by atoms with van der Waals surface area (Å²) in [5.74, 6) is 0.614. The lowest BCUT2D eigenvalue weighted by Crippen LogP contribution is -2.60. The van der Waals surface area contributed by atoms with Gasteiger partial charge in [0, 0.05) is 17.9 Å². The van der Waals surface area contributed by atoms with Crippen LogP contribution in [0.5, 0.6) is 0 Å². The number of carbonyl (C=O) groups excluding carboxylic acids is 4. The molecule has 1 aromatic carbocycles. The third-order valence-electron chi connectivity index (χ3n) is 9.72. The van der Waals surface area contributed by atoms with E-state index in [9.17, 15) is 19.2 Å². The molecule has 6 N–H and O–H groups in total. The largest absolute Gasteiger partial charge is 0.447 e. The SMILES string of the molecule is C=C(N)C(=O)C(CC1CCC1)NC(=C)C1[C@H]2C[C@H]2CN1C(=O)C(NC(=O)NC(COC(=O)Nc1ccccc1)C(C)(C)C)C(C)(C)C. The molecule has 2 saturated carbocycles. The van der Waals surface area contributed by atoms with Gasteiger partial charge in [0.25, 0.3) is 0 Å². The number of Topliss-reactive ketones (excluding diaryl/α,β-unsaturated/α-hetero) is 1. The second-order valence-electron chi connectivity index (χ2n) is 15.7. The Morgan fingerprint density at radius 2 is 1.64 bits per heavy atom. The molecule has 4 unspecified atom stereocenters. The number of benzene rings is 1. The zero-order chi connectivity index (χ0) is 34.7. The molecule has 11 heteroatoms. The second-order valence-corrected chi connectivity index (χ2v) is 15.7. The van der Waals surface area contributed by atoms with E-state index in [0.29, 0.717) is 36.2 Å². The maximum Gasteiger partial charge on any atom is 0.411 e. The van der Waals surface area contributed by atoms with E-state index in [1.165, 1.54) is 0 Å². The number of ketones is 1. The number of likely N-dealkylation sites (tertiary alicyclic amines) is 1. The average molecular weight is 651 g/mol. The Labute approximate surface area is 279 Å². The summed E-state index contributed by atoms with van der Waals surface area (Å²) in [7, 11) is 0. The minimum atomic E-state index is -0.852. The van der Waals surface area contributed by atoms with Crippen molar-refractivity contribution in [2.45, 2.75) is 97.8 Å². The van der Waals surface area contributed by atoms with E-state index in [1.54, 1.807) is 24.3 Å². The molecule has 3 aliphatic rings. The Bertz CT molecular complexity index is 1350. The minimum Gasteiger partial charge on any atom is -0.447 e. The first kappa shape index (κ1) is 35.8. The van der Waals surface area contributed by atoms with Crippen molar-refractivity contribution in [1.82, 2.24) is 20.9 Å². The highest BCUT2D eigenvalue weighted by Crippen LogP contribution is 2.51. The number of amides is 4. The van der Waals surface area contributed by atoms with E-state index in [-0.39, 0.29) is 36.0 Å². The number of nitrogens with zero attached hydrogens (tertiary/aromatic N) is 1. The number of fused-ring (bicyclic) bond motifs is 1. The molecule has 1 aliphatic heterocycles. The number of hydrogen-bond acceptors (Lipinski definition) is 7. The summed E-state index contributed by atoms with van der Waals surface area (Å²) in [5, 5.41) is 11.9. The number of para-hydroxylation sites is 1. The molecule has 0 bridgehead atoms. The number of piperidine rings is 1. The Morgan fingerprint density at radius 1 is 0.979 bits per heavy atom. The van der Waals surface area contributed by atoms with E-state index in [2.05, 4.69) is 34.4 Å². The van der Waals surface area contributed by atoms with Crippen molar-refractivity contribution in [3.8, 4) is 0 Å². The summed E-state index contributed by atoms with van der Waals surface area (Å²) in [4.78, 5) is 55.0. The summed E-state index contributed by atoms with van der Waals surface area (Å²) >= 11 is 0. The standard InChI is InChI=1S/C36H54N6O5/c1-21(37)30(43)27(17-23-13-12-14-23)38-22(2)29-26-18-24(26)19-42(29)32(44)31(36(6,7)8)41-33(45)40-28(35(3,4)5)20-47-34(46)39-25-15-10-9-11-16-25/h9-11,15-16,23-24,26-29,31,38H,1-2,12-14,17-20,37H2,3-8H3,(H,39,46)(H2,40,41,45)/t24-,26-,27?,28?,29?,31?/m0/s1. The molecule has 1 saturated heterocycles.